The van der Waals surface area contributed by atoms with Gasteiger partial charge in [0.1, 0.15) is 11.9 Å². The molecule has 0 amide bonds. The van der Waals surface area contributed by atoms with E-state index in [1.165, 1.54) is 12.8 Å². The van der Waals surface area contributed by atoms with Crippen LogP contribution in [0.25, 0.3) is 0 Å². The first-order valence-electron chi connectivity index (χ1n) is 9.14. The molecule has 0 aromatic heterocycles. The highest BCUT2D eigenvalue weighted by atomic mass is 79.9. The number of rotatable bonds is 5. The summed E-state index contributed by atoms with van der Waals surface area (Å²) in [5.74, 6) is 1.85. The van der Waals surface area contributed by atoms with Crippen LogP contribution in [0.1, 0.15) is 26.7 Å². The van der Waals surface area contributed by atoms with Gasteiger partial charge in [0.25, 0.3) is 0 Å². The molecular weight excluding hydrogens is 382 g/mol. The lowest BCUT2D eigenvalue weighted by atomic mass is 9.87. The molecule has 0 radical (unpaired) electrons. The fourth-order valence-corrected chi connectivity index (χ4v) is 3.90. The molecule has 2 saturated heterocycles. The van der Waals surface area contributed by atoms with E-state index in [-0.39, 0.29) is 6.10 Å². The molecule has 6 heteroatoms. The summed E-state index contributed by atoms with van der Waals surface area (Å²) in [6.45, 7) is 9.56. The summed E-state index contributed by atoms with van der Waals surface area (Å²) in [6, 6.07) is 7.93. The molecule has 0 bridgehead atoms. The molecule has 1 aromatic rings. The highest BCUT2D eigenvalue weighted by molar-refractivity contribution is 9.10. The van der Waals surface area contributed by atoms with Gasteiger partial charge in [0.2, 0.25) is 0 Å². The third-order valence-electron chi connectivity index (χ3n) is 4.92. The number of nitrogens with zero attached hydrogens (tertiary/aromatic N) is 2. The number of benzene rings is 1. The zero-order chi connectivity index (χ0) is 17.7. The summed E-state index contributed by atoms with van der Waals surface area (Å²) in [5, 5.41) is 3.43. The van der Waals surface area contributed by atoms with Gasteiger partial charge in [0.05, 0.1) is 17.6 Å². The van der Waals surface area contributed by atoms with Gasteiger partial charge in [-0.05, 0) is 54.8 Å². The van der Waals surface area contributed by atoms with Crippen LogP contribution >= 0.6 is 15.9 Å². The van der Waals surface area contributed by atoms with Gasteiger partial charge in [-0.3, -0.25) is 0 Å². The Kier molecular flexibility index (Phi) is 6.23. The van der Waals surface area contributed by atoms with Crippen LogP contribution < -0.4 is 10.1 Å². The standard InChI is InChI=1S/C19H28BrN3O2/c1-3-21-18(23-10-8-19(13-23)9-11-24-14-19)22-12-15(2)25-17-7-5-4-6-16(17)20/h4-7,15H,3,8-14H2,1-2H3,(H,21,22). The van der Waals surface area contributed by atoms with Crippen LogP contribution in [0.2, 0.25) is 0 Å². The van der Waals surface area contributed by atoms with Crippen LogP contribution in [-0.4, -0.2) is 56.4 Å². The number of likely N-dealkylation sites (tertiary alicyclic amines) is 1. The Hall–Kier alpha value is -1.27. The Morgan fingerprint density at radius 2 is 2.28 bits per heavy atom. The van der Waals surface area contributed by atoms with Gasteiger partial charge in [0, 0.05) is 31.7 Å². The van der Waals surface area contributed by atoms with Crippen LogP contribution in [0.3, 0.4) is 0 Å². The second-order valence-corrected chi connectivity index (χ2v) is 7.88. The van der Waals surface area contributed by atoms with E-state index in [1.807, 2.05) is 24.3 Å². The van der Waals surface area contributed by atoms with E-state index < -0.39 is 0 Å². The third kappa shape index (κ3) is 4.67. The van der Waals surface area contributed by atoms with Gasteiger partial charge < -0.3 is 19.7 Å². The highest BCUT2D eigenvalue weighted by Crippen LogP contribution is 2.38. The predicted octanol–water partition coefficient (Wildman–Crippen LogP) is 3.29. The summed E-state index contributed by atoms with van der Waals surface area (Å²) in [5.41, 5.74) is 0.340. The summed E-state index contributed by atoms with van der Waals surface area (Å²) >= 11 is 3.52. The Labute approximate surface area is 158 Å². The second kappa shape index (κ2) is 8.41. The summed E-state index contributed by atoms with van der Waals surface area (Å²) in [4.78, 5) is 7.20. The maximum atomic E-state index is 6.01. The SMILES string of the molecule is CCNC(=NCC(C)Oc1ccccc1Br)N1CCC2(CCOC2)C1. The zero-order valence-electron chi connectivity index (χ0n) is 15.1. The molecule has 2 heterocycles. The molecule has 1 spiro atoms. The van der Waals surface area contributed by atoms with Crippen LogP contribution in [0.15, 0.2) is 33.7 Å². The van der Waals surface area contributed by atoms with Gasteiger partial charge in [-0.25, -0.2) is 4.99 Å². The quantitative estimate of drug-likeness (QED) is 0.598. The molecule has 5 nitrogen and oxygen atoms in total. The molecule has 2 aliphatic rings. The van der Waals surface area contributed by atoms with Crippen molar-refractivity contribution >= 4 is 21.9 Å². The number of ether oxygens (including phenoxy) is 2. The van der Waals surface area contributed by atoms with Crippen molar-refractivity contribution in [3.63, 3.8) is 0 Å². The first-order chi connectivity index (χ1) is 12.1. The molecule has 0 aliphatic carbocycles. The number of guanidine groups is 1. The van der Waals surface area contributed by atoms with E-state index in [1.54, 1.807) is 0 Å². The van der Waals surface area contributed by atoms with Crippen molar-refractivity contribution in [2.45, 2.75) is 32.8 Å². The molecule has 0 saturated carbocycles. The molecular formula is C19H28BrN3O2. The van der Waals surface area contributed by atoms with Crippen molar-refractivity contribution < 1.29 is 9.47 Å². The van der Waals surface area contributed by atoms with E-state index in [0.29, 0.717) is 12.0 Å². The van der Waals surface area contributed by atoms with E-state index in [2.05, 4.69) is 40.0 Å². The van der Waals surface area contributed by atoms with Crippen molar-refractivity contribution in [3.8, 4) is 5.75 Å². The molecule has 1 N–H and O–H groups in total. The van der Waals surface area contributed by atoms with Crippen LogP contribution in [0, 0.1) is 5.41 Å². The van der Waals surface area contributed by atoms with Crippen molar-refractivity contribution in [2.75, 3.05) is 39.4 Å². The lowest BCUT2D eigenvalue weighted by molar-refractivity contribution is 0.156. The monoisotopic (exact) mass is 409 g/mol. The number of aliphatic imine (C=N–C) groups is 1. The Morgan fingerprint density at radius 3 is 3.00 bits per heavy atom. The largest absolute Gasteiger partial charge is 0.488 e. The molecule has 2 fully saturated rings. The zero-order valence-corrected chi connectivity index (χ0v) is 16.7. The number of hydrogen-bond acceptors (Lipinski definition) is 3. The average Bonchev–Trinajstić information content (AvgIpc) is 3.24. The minimum Gasteiger partial charge on any atom is -0.488 e. The van der Waals surface area contributed by atoms with Gasteiger partial charge >= 0.3 is 0 Å². The average molecular weight is 410 g/mol. The number of nitrogens with one attached hydrogen (secondary N) is 1. The van der Waals surface area contributed by atoms with Crippen molar-refractivity contribution in [1.82, 2.24) is 10.2 Å². The van der Waals surface area contributed by atoms with Crippen LogP contribution in [0.5, 0.6) is 5.75 Å². The maximum Gasteiger partial charge on any atom is 0.194 e. The molecule has 2 unspecified atom stereocenters. The smallest absolute Gasteiger partial charge is 0.194 e. The normalized spacial score (nSPS) is 24.8. The van der Waals surface area contributed by atoms with Crippen LogP contribution in [0.4, 0.5) is 0 Å². The minimum absolute atomic E-state index is 0.0127. The van der Waals surface area contributed by atoms with E-state index in [9.17, 15) is 0 Å². The summed E-state index contributed by atoms with van der Waals surface area (Å²) < 4.78 is 12.6. The number of para-hydroxylation sites is 1. The fourth-order valence-electron chi connectivity index (χ4n) is 3.52. The van der Waals surface area contributed by atoms with Crippen molar-refractivity contribution in [3.05, 3.63) is 28.7 Å². The van der Waals surface area contributed by atoms with Gasteiger partial charge in [0.15, 0.2) is 5.96 Å². The van der Waals surface area contributed by atoms with E-state index in [0.717, 1.165) is 49.0 Å². The van der Waals surface area contributed by atoms with Crippen molar-refractivity contribution in [2.24, 2.45) is 10.4 Å². The van der Waals surface area contributed by atoms with Gasteiger partial charge in [-0.15, -0.1) is 0 Å². The molecule has 138 valence electrons. The van der Waals surface area contributed by atoms with Gasteiger partial charge in [-0.1, -0.05) is 12.1 Å². The minimum atomic E-state index is 0.0127. The Bertz CT molecular complexity index is 602. The number of halogens is 1. The first-order valence-corrected chi connectivity index (χ1v) is 9.93. The molecule has 25 heavy (non-hydrogen) atoms. The van der Waals surface area contributed by atoms with E-state index >= 15 is 0 Å². The summed E-state index contributed by atoms with van der Waals surface area (Å²) in [6.07, 6.45) is 2.38. The van der Waals surface area contributed by atoms with Crippen LogP contribution in [-0.2, 0) is 4.74 Å². The fraction of sp³-hybridized carbons (Fsp3) is 0.632. The third-order valence-corrected chi connectivity index (χ3v) is 5.58. The molecule has 3 rings (SSSR count). The Morgan fingerprint density at radius 1 is 1.44 bits per heavy atom. The first kappa shape index (κ1) is 18.5. The number of hydrogen-bond donors (Lipinski definition) is 1. The lowest BCUT2D eigenvalue weighted by Gasteiger charge is -2.25. The Balaban J connectivity index is 1.59. The van der Waals surface area contributed by atoms with Gasteiger partial charge in [-0.2, -0.15) is 0 Å². The molecule has 1 aromatic carbocycles. The second-order valence-electron chi connectivity index (χ2n) is 7.03. The highest BCUT2D eigenvalue weighted by Gasteiger charge is 2.42. The predicted molar refractivity (Wildman–Crippen MR) is 104 cm³/mol. The molecule has 2 aliphatic heterocycles. The maximum absolute atomic E-state index is 6.01. The topological polar surface area (TPSA) is 46.1 Å². The van der Waals surface area contributed by atoms with E-state index in [4.69, 9.17) is 14.5 Å². The molecule has 2 atom stereocenters. The van der Waals surface area contributed by atoms with Crippen molar-refractivity contribution in [1.29, 1.82) is 0 Å². The summed E-state index contributed by atoms with van der Waals surface area (Å²) in [7, 11) is 0. The lowest BCUT2D eigenvalue weighted by Crippen LogP contribution is -2.42.